The first-order valence-electron chi connectivity index (χ1n) is 22.8. The van der Waals surface area contributed by atoms with Crippen LogP contribution in [-0.4, -0.2) is 324 Å². The summed E-state index contributed by atoms with van der Waals surface area (Å²) in [6, 6.07) is -3.43. The molecule has 26 atom stereocenters. The van der Waals surface area contributed by atoms with Crippen molar-refractivity contribution in [3.63, 3.8) is 0 Å². The minimum atomic E-state index is -3.34. The largest absolute Gasteiger partial charge is 0.477 e. The monoisotopic (exact) mass is 1090 g/mol. The van der Waals surface area contributed by atoms with E-state index in [2.05, 4.69) is 10.6 Å². The number of hydrogen-bond donors (Lipinski definition) is 22. The van der Waals surface area contributed by atoms with E-state index >= 15 is 0 Å². The Bertz CT molecular complexity index is 1830. The first-order chi connectivity index (χ1) is 34.6. The number of nitrogens with one attached hydrogen (secondary N) is 2. The Morgan fingerprint density at radius 3 is 1.34 bits per heavy atom. The highest BCUT2D eigenvalue weighted by atomic mass is 16.8. The summed E-state index contributed by atoms with van der Waals surface area (Å²) < 4.78 is 44.8. The van der Waals surface area contributed by atoms with Crippen LogP contribution in [0.1, 0.15) is 26.7 Å². The van der Waals surface area contributed by atoms with Crippen LogP contribution in [0, 0.1) is 0 Å². The molecule has 4 fully saturated rings. The van der Waals surface area contributed by atoms with E-state index in [1.807, 2.05) is 0 Å². The number of carbonyl (C=O) groups is 4. The second-order valence-electron chi connectivity index (χ2n) is 18.1. The summed E-state index contributed by atoms with van der Waals surface area (Å²) in [5.41, 5.74) is 0. The lowest BCUT2D eigenvalue weighted by Crippen LogP contribution is -2.71. The fourth-order valence-corrected chi connectivity index (χ4v) is 8.73. The zero-order chi connectivity index (χ0) is 55.9. The second kappa shape index (κ2) is 26.9. The summed E-state index contributed by atoms with van der Waals surface area (Å²) in [4.78, 5) is 50.2. The van der Waals surface area contributed by atoms with E-state index in [1.54, 1.807) is 0 Å². The van der Waals surface area contributed by atoms with E-state index < -0.39 is 235 Å². The molecule has 0 bridgehead atoms. The van der Waals surface area contributed by atoms with E-state index in [4.69, 9.17) is 37.9 Å². The van der Waals surface area contributed by atoms with Gasteiger partial charge in [-0.15, -0.1) is 0 Å². The third-order valence-electron chi connectivity index (χ3n) is 12.7. The van der Waals surface area contributed by atoms with Crippen molar-refractivity contribution in [2.24, 2.45) is 0 Å². The second-order valence-corrected chi connectivity index (χ2v) is 18.1. The number of carboxylic acid groups (broad SMARTS) is 2. The normalized spacial score (nSPS) is 40.1. The Labute approximate surface area is 417 Å². The molecule has 430 valence electrons. The predicted molar refractivity (Wildman–Crippen MR) is 226 cm³/mol. The van der Waals surface area contributed by atoms with Crippen molar-refractivity contribution in [1.82, 2.24) is 10.6 Å². The van der Waals surface area contributed by atoms with Crippen molar-refractivity contribution in [3.8, 4) is 0 Å². The fraction of sp³-hybridized carbons (Fsp3) is 0.900. The molecule has 34 nitrogen and oxygen atoms in total. The minimum Gasteiger partial charge on any atom is -0.477 e. The quantitative estimate of drug-likeness (QED) is 0.0404. The zero-order valence-electron chi connectivity index (χ0n) is 39.4. The van der Waals surface area contributed by atoms with Crippen LogP contribution in [0.15, 0.2) is 0 Å². The number of aliphatic hydroxyl groups excluding tert-OH is 18. The molecule has 0 aromatic carbocycles. The van der Waals surface area contributed by atoms with Crippen molar-refractivity contribution >= 4 is 23.8 Å². The van der Waals surface area contributed by atoms with Crippen LogP contribution in [-0.2, 0) is 57.1 Å². The molecule has 2 amide bonds. The number of carboxylic acids is 2. The van der Waals surface area contributed by atoms with Crippen LogP contribution in [0.2, 0.25) is 0 Å². The van der Waals surface area contributed by atoms with Crippen molar-refractivity contribution in [1.29, 1.82) is 0 Å². The van der Waals surface area contributed by atoms with Crippen LogP contribution in [0.25, 0.3) is 0 Å². The lowest BCUT2D eigenvalue weighted by Gasteiger charge is -2.51. The van der Waals surface area contributed by atoms with E-state index in [0.717, 1.165) is 13.8 Å². The topological polar surface area (TPSA) is 571 Å². The smallest absolute Gasteiger partial charge is 0.364 e. The van der Waals surface area contributed by atoms with Crippen LogP contribution in [0.4, 0.5) is 0 Å². The lowest BCUT2D eigenvalue weighted by atomic mass is 9.88. The van der Waals surface area contributed by atoms with Gasteiger partial charge in [-0.1, -0.05) is 0 Å². The molecule has 4 saturated heterocycles. The van der Waals surface area contributed by atoms with Crippen LogP contribution >= 0.6 is 0 Å². The zero-order valence-corrected chi connectivity index (χ0v) is 39.4. The van der Waals surface area contributed by atoms with Gasteiger partial charge in [0.25, 0.3) is 11.6 Å². The van der Waals surface area contributed by atoms with E-state index in [9.17, 15) is 121 Å². The Hall–Kier alpha value is -3.16. The Balaban J connectivity index is 1.75. The molecule has 74 heavy (non-hydrogen) atoms. The first kappa shape index (κ1) is 63.4. The number of rotatable bonds is 25. The summed E-state index contributed by atoms with van der Waals surface area (Å²) in [5.74, 6) is -12.6. The van der Waals surface area contributed by atoms with Crippen molar-refractivity contribution in [2.45, 2.75) is 185 Å². The van der Waals surface area contributed by atoms with Gasteiger partial charge in [-0.3, -0.25) is 9.59 Å². The summed E-state index contributed by atoms with van der Waals surface area (Å²) in [7, 11) is 0. The Morgan fingerprint density at radius 1 is 0.568 bits per heavy atom. The molecular weight excluding hydrogens is 1020 g/mol. The van der Waals surface area contributed by atoms with E-state index in [0.29, 0.717) is 0 Å². The molecule has 0 aliphatic carbocycles. The average molecular weight is 1090 g/mol. The molecule has 4 aliphatic rings. The van der Waals surface area contributed by atoms with Crippen LogP contribution in [0.5, 0.6) is 0 Å². The molecule has 4 aliphatic heterocycles. The highest BCUT2D eigenvalue weighted by Gasteiger charge is 2.62. The number of ether oxygens (including phenoxy) is 8. The molecule has 0 aromatic heterocycles. The summed E-state index contributed by atoms with van der Waals surface area (Å²) in [6.45, 7) is -5.26. The third kappa shape index (κ3) is 14.1. The molecule has 0 radical (unpaired) electrons. The maximum absolute atomic E-state index is 13.1. The van der Waals surface area contributed by atoms with Crippen molar-refractivity contribution < 1.29 is 159 Å². The van der Waals surface area contributed by atoms with Crippen LogP contribution in [0.3, 0.4) is 0 Å². The summed E-state index contributed by atoms with van der Waals surface area (Å²) in [6.07, 6.45) is -51.9. The number of aliphatic hydroxyl groups is 18. The molecular formula is C40H68N2O32. The third-order valence-corrected chi connectivity index (χ3v) is 12.7. The van der Waals surface area contributed by atoms with Crippen molar-refractivity contribution in [3.05, 3.63) is 0 Å². The highest BCUT2D eigenvalue weighted by molar-refractivity contribution is 5.77. The molecule has 22 N–H and O–H groups in total. The van der Waals surface area contributed by atoms with Gasteiger partial charge in [0.05, 0.1) is 63.9 Å². The molecule has 0 spiro atoms. The van der Waals surface area contributed by atoms with Gasteiger partial charge in [-0.05, 0) is 0 Å². The van der Waals surface area contributed by atoms with Gasteiger partial charge in [-0.2, -0.15) is 0 Å². The van der Waals surface area contributed by atoms with Gasteiger partial charge in [0.2, 0.25) is 11.8 Å². The number of aliphatic carboxylic acids is 2. The van der Waals surface area contributed by atoms with E-state index in [-0.39, 0.29) is 0 Å². The maximum atomic E-state index is 13.1. The SMILES string of the molecule is CC(=O)N[C@H]1[C@H]([C@H](O)[C@H](O)CO)O[C@@](O[C@H]2[C@@H](O)[C@@H](CO)O[C@@H](OC[C@H]3O[C@@H](O[C@@H]([C@H](O)[C@@H](O)CO)[C@H](O)CO)[C@H](O)[C@@H](O[C@]4(C(=O)O)C[C@H](O)[C@@H](NC(C)=O)[C@H]([C@H](O)[C@H](O)CO)O4)[C@H]3O)[C@@H]2O)(C(=O)O)C[C@@H]1O. The van der Waals surface area contributed by atoms with Crippen LogP contribution < -0.4 is 10.6 Å². The van der Waals surface area contributed by atoms with Gasteiger partial charge < -0.3 is 151 Å². The van der Waals surface area contributed by atoms with Gasteiger partial charge in [0.15, 0.2) is 12.6 Å². The van der Waals surface area contributed by atoms with Gasteiger partial charge in [0, 0.05) is 26.7 Å². The molecule has 0 unspecified atom stereocenters. The Kier molecular flexibility index (Phi) is 23.1. The Morgan fingerprint density at radius 2 is 0.959 bits per heavy atom. The van der Waals surface area contributed by atoms with Gasteiger partial charge >= 0.3 is 11.9 Å². The number of hydrogen-bond acceptors (Lipinski definition) is 30. The molecule has 4 rings (SSSR count). The van der Waals surface area contributed by atoms with E-state index in [1.165, 1.54) is 0 Å². The molecule has 0 aromatic rings. The highest BCUT2D eigenvalue weighted by Crippen LogP contribution is 2.40. The summed E-state index contributed by atoms with van der Waals surface area (Å²) >= 11 is 0. The molecule has 4 heterocycles. The molecule has 0 saturated carbocycles. The van der Waals surface area contributed by atoms with Gasteiger partial charge in [-0.25, -0.2) is 9.59 Å². The lowest BCUT2D eigenvalue weighted by molar-refractivity contribution is -0.386. The molecule has 34 heteroatoms. The van der Waals surface area contributed by atoms with Gasteiger partial charge in [0.1, 0.15) is 110 Å². The first-order valence-corrected chi connectivity index (χ1v) is 22.8. The van der Waals surface area contributed by atoms with Crippen molar-refractivity contribution in [2.75, 3.05) is 39.6 Å². The summed E-state index contributed by atoms with van der Waals surface area (Å²) in [5, 5.41) is 216. The minimum absolute atomic E-state index is 0.848. The maximum Gasteiger partial charge on any atom is 0.364 e. The number of carbonyl (C=O) groups excluding carboxylic acids is 2. The fourth-order valence-electron chi connectivity index (χ4n) is 8.73. The predicted octanol–water partition coefficient (Wildman–Crippen LogP) is -13.6. The average Bonchev–Trinajstić information content (AvgIpc) is 3.35. The number of amides is 2. The standard InChI is InChI=1S/C40H68N2O32/c1-11(48)41-21-13(50)3-39(37(63)64,71-31(21)24(57)16(53)6-44)73-33-26(59)19(9-47)68-35(28(33)61)67-10-20-27(60)34(29(62)36(69-20)70-30(18(55)8-46)23(56)15(52)5-43)74-40(38(65)66)4-14(51)22(42-12(2)49)32(72-40)25(58)17(54)7-45/h13-36,43-47,50-62H,3-10H2,1-2H3,(H,41,48)(H,42,49)(H,63,64)(H,65,66)/t13-,14-,15-,16+,17+,18+,19+,20+,21+,22+,23+,24+,25+,26-,27-,28+,29+,30+,31+,32+,33-,34-,35+,36-,39-,40-/m0/s1.